The molecule has 122 valence electrons. The minimum absolute atomic E-state index is 0.0605. The third-order valence-corrected chi connectivity index (χ3v) is 4.19. The van der Waals surface area contributed by atoms with E-state index in [9.17, 15) is 9.90 Å². The van der Waals surface area contributed by atoms with Gasteiger partial charge in [-0.3, -0.25) is 0 Å². The Kier molecular flexibility index (Phi) is 4.17. The van der Waals surface area contributed by atoms with Crippen molar-refractivity contribution in [2.45, 2.75) is 32.9 Å². The monoisotopic (exact) mass is 335 g/mol. The highest BCUT2D eigenvalue weighted by atomic mass is 35.5. The molecule has 0 spiro atoms. The van der Waals surface area contributed by atoms with Gasteiger partial charge in [-0.25, -0.2) is 9.48 Å². The van der Waals surface area contributed by atoms with Crippen LogP contribution >= 0.6 is 11.6 Å². The second kappa shape index (κ2) is 6.12. The number of carboxylic acid groups (broad SMARTS) is 1. The van der Waals surface area contributed by atoms with E-state index in [1.807, 2.05) is 32.0 Å². The number of nitrogens with zero attached hydrogens (tertiary/aromatic N) is 2. The maximum atomic E-state index is 11.5. The first-order valence-electron chi connectivity index (χ1n) is 7.56. The molecule has 0 fully saturated rings. The van der Waals surface area contributed by atoms with Crippen LogP contribution in [-0.4, -0.2) is 27.5 Å². The first-order valence-corrected chi connectivity index (χ1v) is 7.94. The molecular formula is C16H18ClN3O3. The van der Waals surface area contributed by atoms with E-state index in [1.54, 1.807) is 4.68 Å². The first-order chi connectivity index (χ1) is 11.0. The van der Waals surface area contributed by atoms with Gasteiger partial charge in [-0.2, -0.15) is 5.10 Å². The molecule has 6 nitrogen and oxygen atoms in total. The summed E-state index contributed by atoms with van der Waals surface area (Å²) in [4.78, 5) is 11.5. The van der Waals surface area contributed by atoms with E-state index in [2.05, 4.69) is 10.4 Å². The minimum atomic E-state index is -0.957. The molecule has 1 aliphatic rings. The molecule has 0 aliphatic carbocycles. The molecule has 0 saturated carbocycles. The van der Waals surface area contributed by atoms with Gasteiger partial charge in [-0.1, -0.05) is 24.6 Å². The van der Waals surface area contributed by atoms with Crippen LogP contribution in [0.5, 0.6) is 5.75 Å². The number of fused-ring (bicyclic) bond motifs is 1. The average molecular weight is 336 g/mol. The van der Waals surface area contributed by atoms with Crippen LogP contribution in [-0.2, 0) is 13.0 Å². The van der Waals surface area contributed by atoms with Crippen LogP contribution in [0.3, 0.4) is 0 Å². The zero-order valence-corrected chi connectivity index (χ0v) is 13.7. The number of benzene rings is 1. The Hall–Kier alpha value is -2.21. The molecule has 0 amide bonds. The second-order valence-electron chi connectivity index (χ2n) is 5.33. The van der Waals surface area contributed by atoms with Gasteiger partial charge < -0.3 is 15.2 Å². The van der Waals surface area contributed by atoms with Crippen LogP contribution in [0.4, 0.5) is 5.82 Å². The topological polar surface area (TPSA) is 76.4 Å². The lowest BCUT2D eigenvalue weighted by molar-refractivity contribution is 0.0697. The quantitative estimate of drug-likeness (QED) is 0.876. The van der Waals surface area contributed by atoms with Crippen molar-refractivity contribution in [2.75, 3.05) is 11.9 Å². The number of carboxylic acids is 1. The van der Waals surface area contributed by atoms with Crippen LogP contribution in [0.2, 0.25) is 5.02 Å². The van der Waals surface area contributed by atoms with Crippen LogP contribution in [0.1, 0.15) is 41.5 Å². The van der Waals surface area contributed by atoms with Gasteiger partial charge >= 0.3 is 5.97 Å². The van der Waals surface area contributed by atoms with Crippen molar-refractivity contribution in [1.82, 2.24) is 9.78 Å². The molecule has 2 heterocycles. The van der Waals surface area contributed by atoms with E-state index < -0.39 is 5.97 Å². The van der Waals surface area contributed by atoms with Crippen LogP contribution < -0.4 is 10.1 Å². The van der Waals surface area contributed by atoms with Crippen molar-refractivity contribution in [2.24, 2.45) is 0 Å². The number of aryl methyl sites for hydroxylation is 1. The maximum Gasteiger partial charge on any atom is 0.341 e. The highest BCUT2D eigenvalue weighted by Crippen LogP contribution is 2.35. The highest BCUT2D eigenvalue weighted by Gasteiger charge is 2.31. The molecule has 1 aromatic carbocycles. The third kappa shape index (κ3) is 2.74. The number of ether oxygens (including phenoxy) is 1. The summed E-state index contributed by atoms with van der Waals surface area (Å²) >= 11 is 6.23. The SMILES string of the molecule is CCOc1ccc([C@H]2Cn3nc(CC)c(C(=O)O)c3N2)cc1Cl. The van der Waals surface area contributed by atoms with Crippen LogP contribution in [0.25, 0.3) is 0 Å². The van der Waals surface area contributed by atoms with Gasteiger partial charge in [0.15, 0.2) is 0 Å². The number of hydrogen-bond acceptors (Lipinski definition) is 4. The number of aromatic nitrogens is 2. The highest BCUT2D eigenvalue weighted by molar-refractivity contribution is 6.32. The van der Waals surface area contributed by atoms with Gasteiger partial charge in [0.25, 0.3) is 0 Å². The summed E-state index contributed by atoms with van der Waals surface area (Å²) < 4.78 is 7.15. The number of rotatable bonds is 5. The van der Waals surface area contributed by atoms with Gasteiger partial charge in [-0.05, 0) is 31.0 Å². The second-order valence-corrected chi connectivity index (χ2v) is 5.74. The Morgan fingerprint density at radius 1 is 1.52 bits per heavy atom. The van der Waals surface area contributed by atoms with Gasteiger partial charge in [0, 0.05) is 0 Å². The Labute approximate surface area is 139 Å². The van der Waals surface area contributed by atoms with Gasteiger partial charge in [-0.15, -0.1) is 0 Å². The van der Waals surface area contributed by atoms with Crippen molar-refractivity contribution >= 4 is 23.4 Å². The fourth-order valence-corrected chi connectivity index (χ4v) is 3.08. The number of carbonyl (C=O) groups is 1. The van der Waals surface area contributed by atoms with E-state index in [4.69, 9.17) is 16.3 Å². The molecule has 0 unspecified atom stereocenters. The van der Waals surface area contributed by atoms with Crippen molar-refractivity contribution in [3.05, 3.63) is 40.0 Å². The molecule has 2 N–H and O–H groups in total. The maximum absolute atomic E-state index is 11.5. The minimum Gasteiger partial charge on any atom is -0.492 e. The Morgan fingerprint density at radius 3 is 2.91 bits per heavy atom. The van der Waals surface area contributed by atoms with Crippen molar-refractivity contribution in [3.63, 3.8) is 0 Å². The summed E-state index contributed by atoms with van der Waals surface area (Å²) in [5.41, 5.74) is 1.83. The summed E-state index contributed by atoms with van der Waals surface area (Å²) in [6.07, 6.45) is 0.586. The smallest absolute Gasteiger partial charge is 0.341 e. The van der Waals surface area contributed by atoms with E-state index in [0.29, 0.717) is 41.9 Å². The van der Waals surface area contributed by atoms with E-state index in [1.165, 1.54) is 0 Å². The number of anilines is 1. The molecule has 23 heavy (non-hydrogen) atoms. The first kappa shape index (κ1) is 15.7. The molecule has 0 radical (unpaired) electrons. The Morgan fingerprint density at radius 2 is 2.30 bits per heavy atom. The van der Waals surface area contributed by atoms with Gasteiger partial charge in [0.05, 0.1) is 29.9 Å². The third-order valence-electron chi connectivity index (χ3n) is 3.90. The Balaban J connectivity index is 1.88. The zero-order valence-electron chi connectivity index (χ0n) is 13.0. The summed E-state index contributed by atoms with van der Waals surface area (Å²) in [6, 6.07) is 5.55. The number of nitrogens with one attached hydrogen (secondary N) is 1. The van der Waals surface area contributed by atoms with Gasteiger partial charge in [0.1, 0.15) is 17.1 Å². The van der Waals surface area contributed by atoms with E-state index >= 15 is 0 Å². The summed E-state index contributed by atoms with van der Waals surface area (Å²) in [6.45, 7) is 4.92. The molecule has 1 atom stereocenters. The summed E-state index contributed by atoms with van der Waals surface area (Å²) in [7, 11) is 0. The standard InChI is InChI=1S/C16H18ClN3O3/c1-3-11-14(16(21)22)15-18-12(8-20(15)19-11)9-5-6-13(23-4-2)10(17)7-9/h5-7,12,18H,3-4,8H2,1-2H3,(H,21,22)/t12-/m1/s1. The predicted molar refractivity (Wildman–Crippen MR) is 87.5 cm³/mol. The summed E-state index contributed by atoms with van der Waals surface area (Å²) in [5, 5.41) is 17.6. The molecule has 1 aliphatic heterocycles. The zero-order chi connectivity index (χ0) is 16.6. The molecular weight excluding hydrogens is 318 g/mol. The van der Waals surface area contributed by atoms with Crippen molar-refractivity contribution in [1.29, 1.82) is 0 Å². The lowest BCUT2D eigenvalue weighted by Crippen LogP contribution is -2.10. The molecule has 2 aromatic rings. The molecule has 0 bridgehead atoms. The fraction of sp³-hybridized carbons (Fsp3) is 0.375. The molecule has 0 saturated heterocycles. The fourth-order valence-electron chi connectivity index (χ4n) is 2.84. The average Bonchev–Trinajstić information content (AvgIpc) is 3.05. The van der Waals surface area contributed by atoms with E-state index in [-0.39, 0.29) is 11.6 Å². The lowest BCUT2D eigenvalue weighted by atomic mass is 10.1. The predicted octanol–water partition coefficient (Wildman–Crippen LogP) is 3.36. The number of halogens is 1. The van der Waals surface area contributed by atoms with Crippen LogP contribution in [0.15, 0.2) is 18.2 Å². The largest absolute Gasteiger partial charge is 0.492 e. The normalized spacial score (nSPS) is 16.0. The number of hydrogen-bond donors (Lipinski definition) is 2. The Bertz CT molecular complexity index is 757. The van der Waals surface area contributed by atoms with Crippen LogP contribution in [0, 0.1) is 0 Å². The van der Waals surface area contributed by atoms with Gasteiger partial charge in [0.2, 0.25) is 0 Å². The van der Waals surface area contributed by atoms with Crippen molar-refractivity contribution in [3.8, 4) is 5.75 Å². The lowest BCUT2D eigenvalue weighted by Gasteiger charge is -2.14. The van der Waals surface area contributed by atoms with E-state index in [0.717, 1.165) is 5.56 Å². The summed E-state index contributed by atoms with van der Waals surface area (Å²) in [5.74, 6) is 0.249. The molecule has 3 rings (SSSR count). The molecule has 1 aromatic heterocycles. The molecule has 7 heteroatoms. The van der Waals surface area contributed by atoms with Crippen molar-refractivity contribution < 1.29 is 14.6 Å². The number of aromatic carboxylic acids is 1.